The summed E-state index contributed by atoms with van der Waals surface area (Å²) in [5, 5.41) is 2.71. The first-order valence-electron chi connectivity index (χ1n) is 29.6. The van der Waals surface area contributed by atoms with Crippen molar-refractivity contribution in [3.63, 3.8) is 0 Å². The van der Waals surface area contributed by atoms with Gasteiger partial charge in [-0.25, -0.2) is 0 Å². The van der Waals surface area contributed by atoms with Crippen molar-refractivity contribution >= 4 is 21.8 Å². The number of hydrogen-bond donors (Lipinski definition) is 0. The third-order valence-corrected chi connectivity index (χ3v) is 12.2. The first-order chi connectivity index (χ1) is 38.1. The van der Waals surface area contributed by atoms with Crippen LogP contribution in [0.25, 0.3) is 66.3 Å². The molecule has 1 heterocycles. The molecule has 13 rings (SSSR count). The molecule has 0 saturated carbocycles. The van der Waals surface area contributed by atoms with E-state index in [1.54, 1.807) is 0 Å². The molecule has 0 aliphatic heterocycles. The predicted octanol–water partition coefficient (Wildman–Crippen LogP) is 24.7. The monoisotopic (exact) mass is 1140 g/mol. The number of benzene rings is 9. The van der Waals surface area contributed by atoms with Crippen LogP contribution in [0.3, 0.4) is 0 Å². The molecule has 1 aromatic heterocycles. The van der Waals surface area contributed by atoms with Crippen molar-refractivity contribution in [2.45, 2.75) is 157 Å². The normalized spacial score (nSPS) is 9.71. The van der Waals surface area contributed by atoms with Gasteiger partial charge in [0.1, 0.15) is 0 Å². The number of aryl methyl sites for hydroxylation is 1. The molecule has 0 unspecified atom stereocenters. The average molecular weight is 1140 g/mol. The number of fused-ring (bicyclic) bond motifs is 12. The van der Waals surface area contributed by atoms with Gasteiger partial charge in [-0.3, -0.25) is 0 Å². The summed E-state index contributed by atoms with van der Waals surface area (Å²) in [4.78, 5) is 0. The van der Waals surface area contributed by atoms with E-state index < -0.39 is 0 Å². The smallest absolute Gasteiger partial charge is 0.0491 e. The zero-order chi connectivity index (χ0) is 57.0. The Balaban J connectivity index is 0. The van der Waals surface area contributed by atoms with Crippen LogP contribution in [0.4, 0.5) is 0 Å². The van der Waals surface area contributed by atoms with Crippen molar-refractivity contribution in [2.75, 3.05) is 0 Å². The zero-order valence-corrected chi connectivity index (χ0v) is 55.1. The first-order valence-corrected chi connectivity index (χ1v) is 29.6. The average Bonchev–Trinajstić information content (AvgIpc) is 4.33. The molecule has 0 atom stereocenters. The van der Waals surface area contributed by atoms with Gasteiger partial charge in [-0.1, -0.05) is 306 Å². The zero-order valence-electron chi connectivity index (χ0n) is 52.3. The van der Waals surface area contributed by atoms with Gasteiger partial charge in [-0.05, 0) is 105 Å². The van der Waals surface area contributed by atoms with Crippen LogP contribution in [0.15, 0.2) is 212 Å². The van der Waals surface area contributed by atoms with Gasteiger partial charge in [0.15, 0.2) is 0 Å². The van der Waals surface area contributed by atoms with E-state index in [4.69, 9.17) is 0 Å². The molecule has 3 aliphatic rings. The Morgan fingerprint density at radius 1 is 0.338 bits per heavy atom. The Hall–Kier alpha value is -6.12. The van der Waals surface area contributed by atoms with Crippen LogP contribution < -0.4 is 0 Å². The summed E-state index contributed by atoms with van der Waals surface area (Å²) in [5.41, 5.74) is 22.2. The molecule has 80 heavy (non-hydrogen) atoms. The number of para-hydroxylation sites is 2. The predicted molar refractivity (Wildman–Crippen MR) is 362 cm³/mol. The Morgan fingerprint density at radius 3 is 0.925 bits per heavy atom. The quantitative estimate of drug-likeness (QED) is 0.152. The summed E-state index contributed by atoms with van der Waals surface area (Å²) in [6, 6.07) is 78.7. The maximum Gasteiger partial charge on any atom is 0.0491 e. The fraction of sp³-hybridized carbons (Fsp3) is 0.295. The van der Waals surface area contributed by atoms with Crippen LogP contribution in [-0.4, -0.2) is 4.57 Å². The standard InChI is InChI=1S/C19H13.C14H13N.2C13H10.C3H8.7C2H6.CH4.CH3.Y/c1-2-6-14(7-3-1)15-10-11-19-17(12-15)13-16-8-4-5-9-18(16)19;1-2-15-13-9-5-3-7-11(13)12-8-4-6-10-14(12)15;2*1-3-7-12-10(5-1)9-11-6-2-4-8-13(11)12;1-3-2;7*1-2;;;/h1-6,8-12H,13H2;3-10H,2H2,1H3;2*1-8H,9H2;3H2,1-2H3;7*1-2H3;1H4;1H3;/q-1;;;;;;;;;;;;;-1;. The first kappa shape index (κ1) is 76.0. The van der Waals surface area contributed by atoms with Crippen LogP contribution in [0.1, 0.15) is 165 Å². The van der Waals surface area contributed by atoms with Crippen molar-refractivity contribution in [1.29, 1.82) is 0 Å². The Labute approximate surface area is 516 Å². The minimum absolute atomic E-state index is 0. The number of nitrogens with zero attached hydrogens (tertiary/aromatic N) is 1. The van der Waals surface area contributed by atoms with Crippen molar-refractivity contribution in [2.24, 2.45) is 0 Å². The molecule has 3 aliphatic carbocycles. The minimum atomic E-state index is 0. The minimum Gasteiger partial charge on any atom is -0.358 e. The molecule has 0 N–H and O–H groups in total. The molecular formula is C78H103NY-2. The maximum absolute atomic E-state index is 3.30. The second-order valence-electron chi connectivity index (χ2n) is 16.4. The number of hydrogen-bond acceptors (Lipinski definition) is 0. The molecule has 0 fully saturated rings. The van der Waals surface area contributed by atoms with Crippen molar-refractivity contribution in [3.05, 3.63) is 259 Å². The summed E-state index contributed by atoms with van der Waals surface area (Å²) >= 11 is 0. The molecule has 0 saturated heterocycles. The van der Waals surface area contributed by atoms with Gasteiger partial charge in [0, 0.05) is 61.1 Å². The Morgan fingerprint density at radius 2 is 0.613 bits per heavy atom. The van der Waals surface area contributed by atoms with Crippen LogP contribution in [0, 0.1) is 13.5 Å². The van der Waals surface area contributed by atoms with Crippen LogP contribution >= 0.6 is 0 Å². The molecule has 1 radical (unpaired) electrons. The fourth-order valence-electron chi connectivity index (χ4n) is 9.39. The van der Waals surface area contributed by atoms with E-state index in [1.807, 2.05) is 109 Å². The van der Waals surface area contributed by atoms with Crippen LogP contribution in [-0.2, 0) is 58.5 Å². The third kappa shape index (κ3) is 20.1. The SMILES string of the molecule is C.CC.CC.CC.CC.CC.CC.CC.CCC.CCn1c2ccccc2c2ccccc21.[CH3-].[Y].[c-]1ccccc1-c1ccc2c(c1)Cc1ccccc1-2.c1ccc2c(c1)Cc1ccccc1-2.c1ccc2c(c1)Cc1ccccc1-2. The molecule has 2 heteroatoms. The molecular weight excluding hydrogens is 1040 g/mol. The second kappa shape index (κ2) is 44.6. The molecule has 0 amide bonds. The Bertz CT molecular complexity index is 2910. The topological polar surface area (TPSA) is 4.93 Å². The van der Waals surface area contributed by atoms with Gasteiger partial charge >= 0.3 is 0 Å². The summed E-state index contributed by atoms with van der Waals surface area (Å²) in [7, 11) is 0. The van der Waals surface area contributed by atoms with Gasteiger partial charge in [0.2, 0.25) is 0 Å². The van der Waals surface area contributed by atoms with Gasteiger partial charge in [0.25, 0.3) is 0 Å². The van der Waals surface area contributed by atoms with Gasteiger partial charge in [-0.2, -0.15) is 0 Å². The van der Waals surface area contributed by atoms with E-state index in [0.29, 0.717) is 0 Å². The number of aromatic nitrogens is 1. The van der Waals surface area contributed by atoms with Gasteiger partial charge < -0.3 is 12.0 Å². The second-order valence-corrected chi connectivity index (χ2v) is 16.4. The maximum atomic E-state index is 3.30. The van der Waals surface area contributed by atoms with E-state index in [0.717, 1.165) is 25.8 Å². The fourth-order valence-corrected chi connectivity index (χ4v) is 9.39. The van der Waals surface area contributed by atoms with Crippen molar-refractivity contribution < 1.29 is 32.7 Å². The molecule has 9 aromatic carbocycles. The van der Waals surface area contributed by atoms with E-state index in [1.165, 1.54) is 106 Å². The molecule has 425 valence electrons. The molecule has 10 aromatic rings. The molecule has 0 bridgehead atoms. The van der Waals surface area contributed by atoms with Gasteiger partial charge in [0.05, 0.1) is 0 Å². The molecule has 1 nitrogen and oxygen atoms in total. The van der Waals surface area contributed by atoms with E-state index >= 15 is 0 Å². The van der Waals surface area contributed by atoms with Gasteiger partial charge in [-0.15, -0.1) is 35.9 Å². The van der Waals surface area contributed by atoms with Crippen molar-refractivity contribution in [3.8, 4) is 44.5 Å². The summed E-state index contributed by atoms with van der Waals surface area (Å²) < 4.78 is 2.37. The van der Waals surface area contributed by atoms with E-state index in [-0.39, 0.29) is 47.6 Å². The summed E-state index contributed by atoms with van der Waals surface area (Å²) in [5.74, 6) is 0. The van der Waals surface area contributed by atoms with E-state index in [2.05, 4.69) is 232 Å². The summed E-state index contributed by atoms with van der Waals surface area (Å²) in [6.45, 7) is 35.5. The largest absolute Gasteiger partial charge is 0.358 e. The third-order valence-electron chi connectivity index (χ3n) is 12.2. The number of rotatable bonds is 2. The van der Waals surface area contributed by atoms with E-state index in [9.17, 15) is 0 Å². The molecule has 0 spiro atoms. The summed E-state index contributed by atoms with van der Waals surface area (Å²) in [6.07, 6.45) is 4.50. The van der Waals surface area contributed by atoms with Crippen LogP contribution in [0.2, 0.25) is 0 Å². The van der Waals surface area contributed by atoms with Crippen LogP contribution in [0.5, 0.6) is 0 Å². The van der Waals surface area contributed by atoms with Crippen molar-refractivity contribution in [1.82, 2.24) is 4.57 Å². The Kier molecular flexibility index (Phi) is 42.4.